The summed E-state index contributed by atoms with van der Waals surface area (Å²) in [5.74, 6) is 0. The Hall–Kier alpha value is -1.28. The highest BCUT2D eigenvalue weighted by molar-refractivity contribution is 5.85. The lowest BCUT2D eigenvalue weighted by molar-refractivity contribution is 0.465. The van der Waals surface area contributed by atoms with Gasteiger partial charge in [-0.3, -0.25) is 0 Å². The van der Waals surface area contributed by atoms with Crippen molar-refractivity contribution in [1.29, 1.82) is 0 Å². The van der Waals surface area contributed by atoms with Gasteiger partial charge in [0.2, 0.25) is 0 Å². The van der Waals surface area contributed by atoms with Crippen LogP contribution in [0.3, 0.4) is 0 Å². The van der Waals surface area contributed by atoms with Crippen molar-refractivity contribution in [3.8, 4) is 0 Å². The quantitative estimate of drug-likeness (QED) is 0.809. The molecule has 0 spiro atoms. The van der Waals surface area contributed by atoms with Gasteiger partial charge in [-0.2, -0.15) is 0 Å². The first-order chi connectivity index (χ1) is 8.29. The molecule has 0 unspecified atom stereocenters. The molecule has 2 N–H and O–H groups in total. The van der Waals surface area contributed by atoms with E-state index in [-0.39, 0.29) is 0 Å². The maximum atomic E-state index is 3.62. The minimum atomic E-state index is 0.524. The highest BCUT2D eigenvalue weighted by Crippen LogP contribution is 2.34. The molecule has 17 heavy (non-hydrogen) atoms. The maximum Gasteiger partial charge on any atom is 0.0476 e. The zero-order chi connectivity index (χ0) is 11.8. The number of fused-ring (bicyclic) bond motifs is 3. The number of aryl methyl sites for hydroxylation is 2. The second-order valence-corrected chi connectivity index (χ2v) is 5.07. The van der Waals surface area contributed by atoms with Gasteiger partial charge in [-0.25, -0.2) is 0 Å². The molecule has 1 aromatic carbocycles. The van der Waals surface area contributed by atoms with E-state index in [9.17, 15) is 0 Å². The molecule has 2 heteroatoms. The molecule has 0 saturated carbocycles. The summed E-state index contributed by atoms with van der Waals surface area (Å²) in [7, 11) is 0. The van der Waals surface area contributed by atoms with Crippen molar-refractivity contribution in [2.24, 2.45) is 0 Å². The summed E-state index contributed by atoms with van der Waals surface area (Å²) in [5, 5.41) is 5.02. The first-order valence-electron chi connectivity index (χ1n) is 6.64. The van der Waals surface area contributed by atoms with Crippen LogP contribution in [0, 0.1) is 6.92 Å². The number of H-pyrrole nitrogens is 1. The van der Waals surface area contributed by atoms with Gasteiger partial charge in [0.1, 0.15) is 0 Å². The lowest BCUT2D eigenvalue weighted by Gasteiger charge is -2.23. The first kappa shape index (κ1) is 10.8. The van der Waals surface area contributed by atoms with Gasteiger partial charge in [-0.05, 0) is 50.4 Å². The predicted molar refractivity (Wildman–Crippen MR) is 72.4 cm³/mol. The van der Waals surface area contributed by atoms with E-state index in [2.05, 4.69) is 42.3 Å². The van der Waals surface area contributed by atoms with E-state index in [0.717, 1.165) is 6.54 Å². The van der Waals surface area contributed by atoms with Crippen molar-refractivity contribution in [1.82, 2.24) is 10.3 Å². The molecule has 2 aromatic rings. The summed E-state index contributed by atoms with van der Waals surface area (Å²) < 4.78 is 0. The van der Waals surface area contributed by atoms with Crippen LogP contribution in [0.5, 0.6) is 0 Å². The summed E-state index contributed by atoms with van der Waals surface area (Å²) in [5.41, 5.74) is 5.62. The van der Waals surface area contributed by atoms with Crippen LogP contribution in [-0.2, 0) is 6.42 Å². The van der Waals surface area contributed by atoms with Crippen molar-refractivity contribution in [3.63, 3.8) is 0 Å². The number of hydrogen-bond donors (Lipinski definition) is 2. The fourth-order valence-electron chi connectivity index (χ4n) is 3.03. The van der Waals surface area contributed by atoms with Crippen LogP contribution >= 0.6 is 0 Å². The van der Waals surface area contributed by atoms with Gasteiger partial charge in [0.25, 0.3) is 0 Å². The molecule has 0 bridgehead atoms. The average Bonchev–Trinajstić information content (AvgIpc) is 2.69. The van der Waals surface area contributed by atoms with E-state index in [0.29, 0.717) is 6.04 Å². The summed E-state index contributed by atoms with van der Waals surface area (Å²) in [6.45, 7) is 5.39. The largest absolute Gasteiger partial charge is 0.357 e. The molecule has 1 atom stereocenters. The Morgan fingerprint density at radius 3 is 3.12 bits per heavy atom. The molecule has 1 aromatic heterocycles. The average molecular weight is 228 g/mol. The molecule has 1 aliphatic rings. The van der Waals surface area contributed by atoms with Crippen molar-refractivity contribution >= 4 is 10.9 Å². The Balaban J connectivity index is 2.15. The highest BCUT2D eigenvalue weighted by atomic mass is 14.9. The number of hydrogen-bond acceptors (Lipinski definition) is 1. The van der Waals surface area contributed by atoms with E-state index in [4.69, 9.17) is 0 Å². The number of benzene rings is 1. The lowest BCUT2D eigenvalue weighted by atomic mass is 9.91. The SMILES string of the molecule is CCN[C@H]1CCCc2c1[nH]c1ccc(C)cc21. The Kier molecular flexibility index (Phi) is 2.67. The highest BCUT2D eigenvalue weighted by Gasteiger charge is 2.23. The summed E-state index contributed by atoms with van der Waals surface area (Å²) in [4.78, 5) is 3.62. The third kappa shape index (κ3) is 1.77. The molecule has 90 valence electrons. The zero-order valence-electron chi connectivity index (χ0n) is 10.6. The Bertz CT molecular complexity index is 539. The zero-order valence-corrected chi connectivity index (χ0v) is 10.6. The topological polar surface area (TPSA) is 27.8 Å². The number of rotatable bonds is 2. The van der Waals surface area contributed by atoms with E-state index in [1.165, 1.54) is 41.4 Å². The van der Waals surface area contributed by atoms with Gasteiger partial charge in [0.15, 0.2) is 0 Å². The summed E-state index contributed by atoms with van der Waals surface area (Å²) in [6, 6.07) is 7.24. The molecule has 0 aliphatic heterocycles. The second kappa shape index (κ2) is 4.19. The minimum Gasteiger partial charge on any atom is -0.357 e. The number of aromatic nitrogens is 1. The standard InChI is InChI=1S/C15H20N2/c1-3-16-14-6-4-5-11-12-9-10(2)7-8-13(12)17-15(11)14/h7-9,14,16-17H,3-6H2,1-2H3/t14-/m0/s1. The van der Waals surface area contributed by atoms with Gasteiger partial charge in [-0.15, -0.1) is 0 Å². The smallest absolute Gasteiger partial charge is 0.0476 e. The summed E-state index contributed by atoms with van der Waals surface area (Å²) >= 11 is 0. The molecule has 0 saturated heterocycles. The minimum absolute atomic E-state index is 0.524. The predicted octanol–water partition coefficient (Wildman–Crippen LogP) is 3.46. The van der Waals surface area contributed by atoms with E-state index < -0.39 is 0 Å². The van der Waals surface area contributed by atoms with Gasteiger partial charge in [0, 0.05) is 22.6 Å². The van der Waals surface area contributed by atoms with E-state index in [1.807, 2.05) is 0 Å². The molecule has 3 rings (SSSR count). The van der Waals surface area contributed by atoms with E-state index in [1.54, 1.807) is 5.56 Å². The van der Waals surface area contributed by atoms with Crippen molar-refractivity contribution in [2.75, 3.05) is 6.54 Å². The number of nitrogens with one attached hydrogen (secondary N) is 2. The molecular weight excluding hydrogens is 208 g/mol. The molecule has 0 radical (unpaired) electrons. The van der Waals surface area contributed by atoms with Crippen LogP contribution in [-0.4, -0.2) is 11.5 Å². The Labute approximate surface area is 102 Å². The van der Waals surface area contributed by atoms with Crippen LogP contribution in [0.25, 0.3) is 10.9 Å². The van der Waals surface area contributed by atoms with E-state index >= 15 is 0 Å². The number of aromatic amines is 1. The molecule has 0 fully saturated rings. The molecule has 2 nitrogen and oxygen atoms in total. The lowest BCUT2D eigenvalue weighted by Crippen LogP contribution is -2.24. The fraction of sp³-hybridized carbons (Fsp3) is 0.467. The van der Waals surface area contributed by atoms with Crippen molar-refractivity contribution in [2.45, 2.75) is 39.2 Å². The van der Waals surface area contributed by atoms with Gasteiger partial charge < -0.3 is 10.3 Å². The van der Waals surface area contributed by atoms with Crippen LogP contribution in [0.15, 0.2) is 18.2 Å². The van der Waals surface area contributed by atoms with Gasteiger partial charge in [-0.1, -0.05) is 18.6 Å². The summed E-state index contributed by atoms with van der Waals surface area (Å²) in [6.07, 6.45) is 3.78. The first-order valence-corrected chi connectivity index (χ1v) is 6.64. The molecule has 0 amide bonds. The molecular formula is C15H20N2. The monoisotopic (exact) mass is 228 g/mol. The third-order valence-electron chi connectivity index (χ3n) is 3.81. The van der Waals surface area contributed by atoms with Crippen molar-refractivity contribution < 1.29 is 0 Å². The van der Waals surface area contributed by atoms with Crippen LogP contribution in [0.4, 0.5) is 0 Å². The third-order valence-corrected chi connectivity index (χ3v) is 3.81. The van der Waals surface area contributed by atoms with Gasteiger partial charge >= 0.3 is 0 Å². The van der Waals surface area contributed by atoms with Gasteiger partial charge in [0.05, 0.1) is 0 Å². The Morgan fingerprint density at radius 1 is 1.41 bits per heavy atom. The van der Waals surface area contributed by atoms with Crippen LogP contribution in [0.2, 0.25) is 0 Å². The second-order valence-electron chi connectivity index (χ2n) is 5.07. The van der Waals surface area contributed by atoms with Crippen LogP contribution in [0.1, 0.15) is 42.6 Å². The van der Waals surface area contributed by atoms with Crippen LogP contribution < -0.4 is 5.32 Å². The maximum absolute atomic E-state index is 3.62. The molecule has 1 heterocycles. The molecule has 1 aliphatic carbocycles. The normalized spacial score (nSPS) is 19.5. The fourth-order valence-corrected chi connectivity index (χ4v) is 3.03. The Morgan fingerprint density at radius 2 is 2.29 bits per heavy atom. The van der Waals surface area contributed by atoms with Crippen molar-refractivity contribution in [3.05, 3.63) is 35.0 Å².